The molecular weight excluding hydrogens is 192 g/mol. The van der Waals surface area contributed by atoms with Crippen molar-refractivity contribution in [2.75, 3.05) is 19.6 Å². The van der Waals surface area contributed by atoms with Gasteiger partial charge in [0.2, 0.25) is 0 Å². The highest BCUT2D eigenvalue weighted by Crippen LogP contribution is 2.10. The summed E-state index contributed by atoms with van der Waals surface area (Å²) >= 11 is 5.36. The largest absolute Gasteiger partial charge is 0.363 e. The fourth-order valence-corrected chi connectivity index (χ4v) is 2.08. The molecule has 2 nitrogen and oxygen atoms in total. The van der Waals surface area contributed by atoms with Crippen molar-refractivity contribution in [2.24, 2.45) is 0 Å². The summed E-state index contributed by atoms with van der Waals surface area (Å²) in [5.74, 6) is 0. The fourth-order valence-electron chi connectivity index (χ4n) is 1.79. The Morgan fingerprint density at radius 3 is 2.29 bits per heavy atom. The van der Waals surface area contributed by atoms with E-state index in [4.69, 9.17) is 12.2 Å². The Kier molecular flexibility index (Phi) is 5.92. The summed E-state index contributed by atoms with van der Waals surface area (Å²) in [6.45, 7) is 5.48. The molecule has 0 amide bonds. The van der Waals surface area contributed by atoms with Gasteiger partial charge in [-0.15, -0.1) is 0 Å². The monoisotopic (exact) mass is 214 g/mol. The van der Waals surface area contributed by atoms with E-state index < -0.39 is 0 Å². The second-order valence-electron chi connectivity index (χ2n) is 3.99. The van der Waals surface area contributed by atoms with E-state index in [1.807, 2.05) is 0 Å². The van der Waals surface area contributed by atoms with Gasteiger partial charge in [0, 0.05) is 19.6 Å². The highest BCUT2D eigenvalue weighted by Gasteiger charge is 2.10. The standard InChI is InChI=1S/C11H22N2S/c1-2-8-12-11(14)13-9-6-4-3-5-7-10-13/h2-10H2,1H3,(H,12,14). The number of hydrogen-bond acceptors (Lipinski definition) is 1. The Bertz CT molecular complexity index is 163. The Balaban J connectivity index is 2.27. The molecule has 14 heavy (non-hydrogen) atoms. The number of nitrogens with zero attached hydrogens (tertiary/aromatic N) is 1. The third-order valence-electron chi connectivity index (χ3n) is 2.67. The first-order chi connectivity index (χ1) is 6.84. The molecular formula is C11H22N2S. The molecule has 0 aromatic rings. The molecule has 0 aliphatic carbocycles. The van der Waals surface area contributed by atoms with E-state index in [9.17, 15) is 0 Å². The Morgan fingerprint density at radius 2 is 1.71 bits per heavy atom. The molecule has 1 fully saturated rings. The summed E-state index contributed by atoms with van der Waals surface area (Å²) < 4.78 is 0. The first kappa shape index (κ1) is 11.8. The van der Waals surface area contributed by atoms with Gasteiger partial charge in [-0.1, -0.05) is 26.2 Å². The third-order valence-corrected chi connectivity index (χ3v) is 3.07. The molecule has 0 aromatic heterocycles. The lowest BCUT2D eigenvalue weighted by molar-refractivity contribution is 0.357. The Morgan fingerprint density at radius 1 is 1.14 bits per heavy atom. The van der Waals surface area contributed by atoms with Crippen molar-refractivity contribution in [2.45, 2.75) is 45.4 Å². The van der Waals surface area contributed by atoms with Gasteiger partial charge in [-0.3, -0.25) is 0 Å². The zero-order valence-electron chi connectivity index (χ0n) is 9.22. The molecule has 1 saturated heterocycles. The van der Waals surface area contributed by atoms with Gasteiger partial charge in [0.25, 0.3) is 0 Å². The molecule has 1 aliphatic rings. The quantitative estimate of drug-likeness (QED) is 0.711. The van der Waals surface area contributed by atoms with Gasteiger partial charge in [-0.2, -0.15) is 0 Å². The summed E-state index contributed by atoms with van der Waals surface area (Å²) in [6, 6.07) is 0. The lowest BCUT2D eigenvalue weighted by Gasteiger charge is -2.27. The van der Waals surface area contributed by atoms with Gasteiger partial charge >= 0.3 is 0 Å². The van der Waals surface area contributed by atoms with E-state index in [0.29, 0.717) is 0 Å². The van der Waals surface area contributed by atoms with Crippen molar-refractivity contribution < 1.29 is 0 Å². The minimum Gasteiger partial charge on any atom is -0.363 e. The van der Waals surface area contributed by atoms with Crippen LogP contribution in [0.5, 0.6) is 0 Å². The van der Waals surface area contributed by atoms with Crippen LogP contribution in [-0.4, -0.2) is 29.6 Å². The molecule has 3 heteroatoms. The fraction of sp³-hybridized carbons (Fsp3) is 0.909. The van der Waals surface area contributed by atoms with Gasteiger partial charge in [0.05, 0.1) is 0 Å². The second kappa shape index (κ2) is 7.04. The minimum atomic E-state index is 0.966. The maximum Gasteiger partial charge on any atom is 0.168 e. The van der Waals surface area contributed by atoms with Crippen LogP contribution in [0.25, 0.3) is 0 Å². The van der Waals surface area contributed by atoms with Crippen LogP contribution in [0.4, 0.5) is 0 Å². The summed E-state index contributed by atoms with van der Waals surface area (Å²) in [6.07, 6.45) is 7.89. The average Bonchev–Trinajstić information content (AvgIpc) is 2.13. The molecule has 0 saturated carbocycles. The normalized spacial score (nSPS) is 18.5. The van der Waals surface area contributed by atoms with Crippen LogP contribution >= 0.6 is 12.2 Å². The van der Waals surface area contributed by atoms with Crippen LogP contribution in [-0.2, 0) is 0 Å². The van der Waals surface area contributed by atoms with Crippen molar-refractivity contribution in [1.29, 1.82) is 0 Å². The SMILES string of the molecule is CCCNC(=S)N1CCCCCCC1. The van der Waals surface area contributed by atoms with Gasteiger partial charge in [0.15, 0.2) is 5.11 Å². The highest BCUT2D eigenvalue weighted by atomic mass is 32.1. The maximum atomic E-state index is 5.36. The highest BCUT2D eigenvalue weighted by molar-refractivity contribution is 7.80. The summed E-state index contributed by atoms with van der Waals surface area (Å²) in [7, 11) is 0. The van der Waals surface area contributed by atoms with E-state index >= 15 is 0 Å². The van der Waals surface area contributed by atoms with E-state index in [1.165, 1.54) is 32.1 Å². The van der Waals surface area contributed by atoms with Gasteiger partial charge < -0.3 is 10.2 Å². The van der Waals surface area contributed by atoms with Crippen LogP contribution in [0.3, 0.4) is 0 Å². The van der Waals surface area contributed by atoms with Crippen molar-refractivity contribution in [3.8, 4) is 0 Å². The summed E-state index contributed by atoms with van der Waals surface area (Å²) in [5.41, 5.74) is 0. The van der Waals surface area contributed by atoms with Crippen LogP contribution in [0, 0.1) is 0 Å². The van der Waals surface area contributed by atoms with Crippen LogP contribution < -0.4 is 5.32 Å². The van der Waals surface area contributed by atoms with Crippen molar-refractivity contribution >= 4 is 17.3 Å². The van der Waals surface area contributed by atoms with Crippen molar-refractivity contribution in [1.82, 2.24) is 10.2 Å². The number of nitrogens with one attached hydrogen (secondary N) is 1. The average molecular weight is 214 g/mol. The molecule has 82 valence electrons. The molecule has 0 unspecified atom stereocenters. The first-order valence-electron chi connectivity index (χ1n) is 5.87. The van der Waals surface area contributed by atoms with Crippen LogP contribution in [0.2, 0.25) is 0 Å². The van der Waals surface area contributed by atoms with E-state index in [1.54, 1.807) is 0 Å². The summed E-state index contributed by atoms with van der Waals surface area (Å²) in [4.78, 5) is 2.34. The van der Waals surface area contributed by atoms with E-state index in [2.05, 4.69) is 17.1 Å². The Hall–Kier alpha value is -0.310. The maximum absolute atomic E-state index is 5.36. The number of hydrogen-bond donors (Lipinski definition) is 1. The van der Waals surface area contributed by atoms with Crippen LogP contribution in [0.15, 0.2) is 0 Å². The summed E-state index contributed by atoms with van der Waals surface area (Å²) in [5, 5.41) is 4.27. The molecule has 0 atom stereocenters. The lowest BCUT2D eigenvalue weighted by Crippen LogP contribution is -2.41. The number of thiocarbonyl (C=S) groups is 1. The van der Waals surface area contributed by atoms with Crippen molar-refractivity contribution in [3.05, 3.63) is 0 Å². The van der Waals surface area contributed by atoms with Gasteiger partial charge in [0.1, 0.15) is 0 Å². The smallest absolute Gasteiger partial charge is 0.168 e. The Labute approximate surface area is 93.1 Å². The molecule has 1 heterocycles. The molecule has 0 bridgehead atoms. The predicted molar refractivity (Wildman–Crippen MR) is 65.5 cm³/mol. The zero-order chi connectivity index (χ0) is 10.2. The second-order valence-corrected chi connectivity index (χ2v) is 4.37. The molecule has 0 aromatic carbocycles. The predicted octanol–water partition coefficient (Wildman–Crippen LogP) is 2.54. The number of likely N-dealkylation sites (tertiary alicyclic amines) is 1. The van der Waals surface area contributed by atoms with Crippen molar-refractivity contribution in [3.63, 3.8) is 0 Å². The zero-order valence-corrected chi connectivity index (χ0v) is 10.0. The topological polar surface area (TPSA) is 15.3 Å². The number of rotatable bonds is 2. The van der Waals surface area contributed by atoms with Crippen LogP contribution in [0.1, 0.15) is 45.4 Å². The minimum absolute atomic E-state index is 0.966. The third kappa shape index (κ3) is 4.27. The van der Waals surface area contributed by atoms with Gasteiger partial charge in [-0.25, -0.2) is 0 Å². The molecule has 1 aliphatic heterocycles. The first-order valence-corrected chi connectivity index (χ1v) is 6.28. The molecule has 0 radical (unpaired) electrons. The molecule has 1 N–H and O–H groups in total. The van der Waals surface area contributed by atoms with Gasteiger partial charge in [-0.05, 0) is 31.5 Å². The lowest BCUT2D eigenvalue weighted by atomic mass is 10.1. The van der Waals surface area contributed by atoms with E-state index in [0.717, 1.165) is 31.2 Å². The van der Waals surface area contributed by atoms with E-state index in [-0.39, 0.29) is 0 Å². The molecule has 1 rings (SSSR count). The molecule has 0 spiro atoms.